The molecule has 1 fully saturated rings. The summed E-state index contributed by atoms with van der Waals surface area (Å²) < 4.78 is 2.21. The number of thiocarbonyl (C=S) groups is 1. The molecule has 3 heterocycles. The third-order valence-electron chi connectivity index (χ3n) is 7.05. The smallest absolute Gasteiger partial charge is 0.226 e. The van der Waals surface area contributed by atoms with Crippen LogP contribution < -0.4 is 10.6 Å². The average Bonchev–Trinajstić information content (AvgIpc) is 3.50. The number of carbonyl (C=O) groups is 1. The van der Waals surface area contributed by atoms with Crippen molar-refractivity contribution >= 4 is 28.9 Å². The van der Waals surface area contributed by atoms with Crippen molar-refractivity contribution in [2.75, 3.05) is 11.9 Å². The Hall–Kier alpha value is -3.97. The van der Waals surface area contributed by atoms with E-state index in [4.69, 9.17) is 12.2 Å². The predicted molar refractivity (Wildman–Crippen MR) is 152 cm³/mol. The van der Waals surface area contributed by atoms with Gasteiger partial charge in [0.15, 0.2) is 5.11 Å². The molecule has 0 radical (unpaired) electrons. The molecule has 0 spiro atoms. The molecule has 0 aliphatic carbocycles. The number of para-hydroxylation sites is 1. The molecule has 1 aliphatic heterocycles. The summed E-state index contributed by atoms with van der Waals surface area (Å²) in [7, 11) is 0. The summed E-state index contributed by atoms with van der Waals surface area (Å²) in [5.41, 5.74) is 7.46. The quantitative estimate of drug-likeness (QED) is 0.309. The Morgan fingerprint density at radius 2 is 1.78 bits per heavy atom. The van der Waals surface area contributed by atoms with Gasteiger partial charge in [-0.1, -0.05) is 30.3 Å². The van der Waals surface area contributed by atoms with Crippen molar-refractivity contribution in [2.45, 2.75) is 39.3 Å². The SMILES string of the molecule is Cc1ccc(-n2cccc2[C@H]2[C@H](c3ccccn3)NC(=S)N2CCC(=O)Nc2ccccc2C)cc1C. The first-order valence-electron chi connectivity index (χ1n) is 12.5. The molecule has 1 saturated heterocycles. The van der Waals surface area contributed by atoms with Crippen molar-refractivity contribution in [1.29, 1.82) is 0 Å². The van der Waals surface area contributed by atoms with Gasteiger partial charge >= 0.3 is 0 Å². The number of hydrogen-bond donors (Lipinski definition) is 2. The largest absolute Gasteiger partial charge is 0.352 e. The number of nitrogens with zero attached hydrogens (tertiary/aromatic N) is 3. The number of carbonyl (C=O) groups excluding carboxylic acids is 1. The van der Waals surface area contributed by atoms with Crippen LogP contribution >= 0.6 is 12.2 Å². The average molecular weight is 510 g/mol. The highest BCUT2D eigenvalue weighted by Gasteiger charge is 2.41. The summed E-state index contributed by atoms with van der Waals surface area (Å²) in [6.45, 7) is 6.72. The first-order valence-corrected chi connectivity index (χ1v) is 12.9. The molecule has 2 N–H and O–H groups in total. The van der Waals surface area contributed by atoms with E-state index in [-0.39, 0.29) is 18.0 Å². The number of aryl methyl sites for hydroxylation is 3. The zero-order valence-electron chi connectivity index (χ0n) is 21.3. The fourth-order valence-electron chi connectivity index (χ4n) is 4.86. The third-order valence-corrected chi connectivity index (χ3v) is 7.40. The van der Waals surface area contributed by atoms with Crippen molar-refractivity contribution in [2.24, 2.45) is 0 Å². The monoisotopic (exact) mass is 509 g/mol. The summed E-state index contributed by atoms with van der Waals surface area (Å²) in [4.78, 5) is 19.7. The van der Waals surface area contributed by atoms with E-state index in [9.17, 15) is 4.79 Å². The molecule has 188 valence electrons. The molecular weight excluding hydrogens is 478 g/mol. The van der Waals surface area contributed by atoms with E-state index >= 15 is 0 Å². The molecule has 2 aromatic heterocycles. The molecule has 0 bridgehead atoms. The van der Waals surface area contributed by atoms with Gasteiger partial charge in [-0.3, -0.25) is 9.78 Å². The van der Waals surface area contributed by atoms with Crippen LogP contribution in [0, 0.1) is 20.8 Å². The van der Waals surface area contributed by atoms with E-state index in [1.54, 1.807) is 6.20 Å². The number of anilines is 1. The van der Waals surface area contributed by atoms with Crippen LogP contribution in [0.2, 0.25) is 0 Å². The van der Waals surface area contributed by atoms with E-state index in [1.165, 1.54) is 11.1 Å². The highest BCUT2D eigenvalue weighted by Crippen LogP contribution is 2.39. The van der Waals surface area contributed by atoms with Gasteiger partial charge in [0.1, 0.15) is 0 Å². The molecule has 2 atom stereocenters. The summed E-state index contributed by atoms with van der Waals surface area (Å²) in [5.74, 6) is -0.0401. The number of nitrogens with one attached hydrogen (secondary N) is 2. The second kappa shape index (κ2) is 10.6. The lowest BCUT2D eigenvalue weighted by Gasteiger charge is -2.29. The first-order chi connectivity index (χ1) is 17.9. The predicted octanol–water partition coefficient (Wildman–Crippen LogP) is 5.80. The van der Waals surface area contributed by atoms with Crippen LogP contribution in [0.5, 0.6) is 0 Å². The Morgan fingerprint density at radius 1 is 0.973 bits per heavy atom. The van der Waals surface area contributed by atoms with E-state index in [2.05, 4.69) is 75.5 Å². The second-order valence-electron chi connectivity index (χ2n) is 9.50. The normalized spacial score (nSPS) is 17.1. The van der Waals surface area contributed by atoms with Gasteiger partial charge < -0.3 is 20.1 Å². The summed E-state index contributed by atoms with van der Waals surface area (Å²) >= 11 is 5.81. The van der Waals surface area contributed by atoms with Crippen LogP contribution in [0.3, 0.4) is 0 Å². The Bertz CT molecular complexity index is 1430. The maximum atomic E-state index is 12.9. The minimum Gasteiger partial charge on any atom is -0.352 e. The van der Waals surface area contributed by atoms with E-state index in [1.807, 2.05) is 49.4 Å². The minimum absolute atomic E-state index is 0.0401. The molecule has 0 saturated carbocycles. The van der Waals surface area contributed by atoms with Crippen molar-refractivity contribution in [3.63, 3.8) is 0 Å². The molecular formula is C30H31N5OS. The maximum Gasteiger partial charge on any atom is 0.226 e. The van der Waals surface area contributed by atoms with Gasteiger partial charge in [-0.15, -0.1) is 0 Å². The topological polar surface area (TPSA) is 62.2 Å². The molecule has 0 unspecified atom stereocenters. The summed E-state index contributed by atoms with van der Waals surface area (Å²) in [6, 6.07) is 24.1. The molecule has 37 heavy (non-hydrogen) atoms. The van der Waals surface area contributed by atoms with Gasteiger partial charge in [-0.2, -0.15) is 0 Å². The highest BCUT2D eigenvalue weighted by atomic mass is 32.1. The van der Waals surface area contributed by atoms with E-state index < -0.39 is 0 Å². The van der Waals surface area contributed by atoms with Crippen LogP contribution in [0.1, 0.15) is 46.6 Å². The Balaban J connectivity index is 1.46. The Labute approximate surface area is 223 Å². The third kappa shape index (κ3) is 5.13. The van der Waals surface area contributed by atoms with Crippen LogP contribution in [-0.4, -0.2) is 32.0 Å². The molecule has 5 rings (SSSR count). The fourth-order valence-corrected chi connectivity index (χ4v) is 5.19. The lowest BCUT2D eigenvalue weighted by atomic mass is 10.0. The number of hydrogen-bond acceptors (Lipinski definition) is 3. The zero-order chi connectivity index (χ0) is 25.9. The molecule has 4 aromatic rings. The van der Waals surface area contributed by atoms with E-state index in [0.717, 1.165) is 28.3 Å². The molecule has 1 amide bonds. The molecule has 6 nitrogen and oxygen atoms in total. The van der Waals surface area contributed by atoms with Crippen LogP contribution in [0.4, 0.5) is 5.69 Å². The molecule has 2 aromatic carbocycles. The van der Waals surface area contributed by atoms with Crippen LogP contribution in [0.15, 0.2) is 85.2 Å². The van der Waals surface area contributed by atoms with Gasteiger partial charge in [-0.25, -0.2) is 0 Å². The number of rotatable bonds is 7. The summed E-state index contributed by atoms with van der Waals surface area (Å²) in [6.07, 6.45) is 4.20. The Morgan fingerprint density at radius 3 is 2.54 bits per heavy atom. The number of benzene rings is 2. The number of amides is 1. The lowest BCUT2D eigenvalue weighted by Crippen LogP contribution is -2.33. The lowest BCUT2D eigenvalue weighted by molar-refractivity contribution is -0.116. The van der Waals surface area contributed by atoms with Gasteiger partial charge in [-0.05, 0) is 92.1 Å². The van der Waals surface area contributed by atoms with Gasteiger partial charge in [0.25, 0.3) is 0 Å². The minimum atomic E-state index is -0.145. The van der Waals surface area contributed by atoms with Crippen molar-refractivity contribution in [3.05, 3.63) is 113 Å². The number of pyridine rings is 1. The fraction of sp³-hybridized carbons (Fsp3) is 0.233. The number of aromatic nitrogens is 2. The maximum absolute atomic E-state index is 12.9. The standard InChI is InChI=1S/C30H31N5OS/c1-20-13-14-23(19-22(20)3)34-17-8-12-26(34)29-28(25-11-6-7-16-31-25)33-30(37)35(29)18-15-27(36)32-24-10-5-4-9-21(24)2/h4-14,16-17,19,28-29H,15,18H2,1-3H3,(H,32,36)(H,33,37)/t28-,29-/m0/s1. The van der Waals surface area contributed by atoms with Crippen LogP contribution in [0.25, 0.3) is 5.69 Å². The Kier molecular flexibility index (Phi) is 7.06. The first kappa shape index (κ1) is 24.7. The van der Waals surface area contributed by atoms with Gasteiger partial charge in [0.2, 0.25) is 5.91 Å². The zero-order valence-corrected chi connectivity index (χ0v) is 22.1. The molecule has 7 heteroatoms. The van der Waals surface area contributed by atoms with Gasteiger partial charge in [0.05, 0.1) is 17.8 Å². The van der Waals surface area contributed by atoms with Gasteiger partial charge in [0, 0.05) is 42.4 Å². The van der Waals surface area contributed by atoms with Crippen molar-refractivity contribution in [3.8, 4) is 5.69 Å². The van der Waals surface area contributed by atoms with E-state index in [0.29, 0.717) is 18.1 Å². The van der Waals surface area contributed by atoms with Crippen molar-refractivity contribution < 1.29 is 4.79 Å². The molecule has 1 aliphatic rings. The van der Waals surface area contributed by atoms with Crippen LogP contribution in [-0.2, 0) is 4.79 Å². The highest BCUT2D eigenvalue weighted by molar-refractivity contribution is 7.80. The second-order valence-corrected chi connectivity index (χ2v) is 9.89. The van der Waals surface area contributed by atoms with Crippen molar-refractivity contribution in [1.82, 2.24) is 19.8 Å². The summed E-state index contributed by atoms with van der Waals surface area (Å²) in [5, 5.41) is 7.16.